The van der Waals surface area contributed by atoms with Gasteiger partial charge in [0, 0.05) is 30.1 Å². The Labute approximate surface area is 110 Å². The summed E-state index contributed by atoms with van der Waals surface area (Å²) in [6, 6.07) is 6.48. The molecule has 19 heavy (non-hydrogen) atoms. The van der Waals surface area contributed by atoms with Gasteiger partial charge >= 0.3 is 5.97 Å². The third-order valence-corrected chi connectivity index (χ3v) is 3.11. The van der Waals surface area contributed by atoms with E-state index in [1.165, 1.54) is 16.8 Å². The lowest BCUT2D eigenvalue weighted by Gasteiger charge is -2.05. The number of hydrogen-bond acceptors (Lipinski definition) is 3. The molecule has 0 saturated carbocycles. The highest BCUT2D eigenvalue weighted by Crippen LogP contribution is 2.20. The number of rotatable bonds is 3. The van der Waals surface area contributed by atoms with Crippen LogP contribution in [0.15, 0.2) is 30.5 Å². The molecule has 2 rings (SSSR count). The van der Waals surface area contributed by atoms with Crippen LogP contribution in [0, 0.1) is 6.92 Å². The summed E-state index contributed by atoms with van der Waals surface area (Å²) in [6.07, 6.45) is 1.51. The third kappa shape index (κ3) is 2.22. The molecule has 1 aromatic carbocycles. The number of aromatic nitrogens is 1. The predicted molar refractivity (Wildman–Crippen MR) is 71.4 cm³/mol. The molecule has 0 amide bonds. The number of nitrogen functional groups attached to an aromatic ring is 1. The molecule has 5 nitrogen and oxygen atoms in total. The molecule has 3 N–H and O–H groups in total. The van der Waals surface area contributed by atoms with E-state index < -0.39 is 5.97 Å². The van der Waals surface area contributed by atoms with Gasteiger partial charge in [-0.25, -0.2) is 4.79 Å². The highest BCUT2D eigenvalue weighted by Gasteiger charge is 2.18. The van der Waals surface area contributed by atoms with Gasteiger partial charge in [0.15, 0.2) is 5.78 Å². The molecule has 98 valence electrons. The summed E-state index contributed by atoms with van der Waals surface area (Å²) >= 11 is 0. The lowest BCUT2D eigenvalue weighted by atomic mass is 9.99. The fourth-order valence-electron chi connectivity index (χ4n) is 1.96. The van der Waals surface area contributed by atoms with Crippen LogP contribution in [-0.4, -0.2) is 21.4 Å². The number of carboxylic acid groups (broad SMARTS) is 1. The van der Waals surface area contributed by atoms with Crippen molar-refractivity contribution in [2.45, 2.75) is 6.92 Å². The van der Waals surface area contributed by atoms with Crippen molar-refractivity contribution in [1.82, 2.24) is 4.57 Å². The van der Waals surface area contributed by atoms with Gasteiger partial charge in [0.1, 0.15) is 5.69 Å². The Morgan fingerprint density at radius 3 is 2.58 bits per heavy atom. The smallest absolute Gasteiger partial charge is 0.352 e. The van der Waals surface area contributed by atoms with Crippen LogP contribution in [-0.2, 0) is 7.05 Å². The maximum atomic E-state index is 12.3. The Morgan fingerprint density at radius 2 is 2.00 bits per heavy atom. The van der Waals surface area contributed by atoms with Crippen LogP contribution in [0.2, 0.25) is 0 Å². The first-order valence-corrected chi connectivity index (χ1v) is 5.71. The van der Waals surface area contributed by atoms with E-state index in [4.69, 9.17) is 10.8 Å². The summed E-state index contributed by atoms with van der Waals surface area (Å²) in [6.45, 7) is 1.77. The molecule has 1 aromatic heterocycles. The molecule has 5 heteroatoms. The summed E-state index contributed by atoms with van der Waals surface area (Å²) in [7, 11) is 1.59. The second-order valence-electron chi connectivity index (χ2n) is 4.38. The Hall–Kier alpha value is -2.56. The molecule has 0 bridgehead atoms. The van der Waals surface area contributed by atoms with E-state index in [1.807, 2.05) is 0 Å². The molecule has 0 aliphatic carbocycles. The van der Waals surface area contributed by atoms with Crippen molar-refractivity contribution in [1.29, 1.82) is 0 Å². The molecule has 0 aliphatic rings. The molecule has 2 aromatic rings. The molecular formula is C14H14N2O3. The van der Waals surface area contributed by atoms with Crippen molar-refractivity contribution in [3.63, 3.8) is 0 Å². The number of ketones is 1. The van der Waals surface area contributed by atoms with E-state index in [1.54, 1.807) is 32.2 Å². The number of carboxylic acids is 1. The number of nitrogens with zero attached hydrogens (tertiary/aromatic N) is 1. The first-order chi connectivity index (χ1) is 8.91. The first kappa shape index (κ1) is 12.9. The van der Waals surface area contributed by atoms with Crippen molar-refractivity contribution in [2.24, 2.45) is 7.05 Å². The molecule has 0 fully saturated rings. The Balaban J connectivity index is 2.48. The molecule has 0 atom stereocenters. The normalized spacial score (nSPS) is 10.4. The van der Waals surface area contributed by atoms with Gasteiger partial charge in [0.2, 0.25) is 0 Å². The van der Waals surface area contributed by atoms with E-state index in [2.05, 4.69) is 0 Å². The quantitative estimate of drug-likeness (QED) is 0.649. The van der Waals surface area contributed by atoms with Gasteiger partial charge in [-0.1, -0.05) is 12.1 Å². The largest absolute Gasteiger partial charge is 0.477 e. The number of nitrogens with two attached hydrogens (primary N) is 1. The Morgan fingerprint density at radius 1 is 1.32 bits per heavy atom. The van der Waals surface area contributed by atoms with Gasteiger partial charge in [-0.2, -0.15) is 0 Å². The van der Waals surface area contributed by atoms with E-state index in [0.717, 1.165) is 0 Å². The minimum atomic E-state index is -1.06. The zero-order valence-electron chi connectivity index (χ0n) is 10.7. The van der Waals surface area contributed by atoms with E-state index >= 15 is 0 Å². The minimum Gasteiger partial charge on any atom is -0.477 e. The van der Waals surface area contributed by atoms with Gasteiger partial charge in [0.25, 0.3) is 0 Å². The Kier molecular flexibility index (Phi) is 3.12. The van der Waals surface area contributed by atoms with E-state index in [9.17, 15) is 9.59 Å². The summed E-state index contributed by atoms with van der Waals surface area (Å²) in [5, 5.41) is 8.98. The number of hydrogen-bond donors (Lipinski definition) is 2. The zero-order chi connectivity index (χ0) is 14.2. The Bertz CT molecular complexity index is 671. The van der Waals surface area contributed by atoms with Crippen LogP contribution in [0.25, 0.3) is 0 Å². The number of aryl methyl sites for hydroxylation is 1. The van der Waals surface area contributed by atoms with Gasteiger partial charge in [-0.3, -0.25) is 4.79 Å². The third-order valence-electron chi connectivity index (χ3n) is 3.11. The van der Waals surface area contributed by atoms with E-state index in [-0.39, 0.29) is 11.5 Å². The second-order valence-corrected chi connectivity index (χ2v) is 4.38. The van der Waals surface area contributed by atoms with Crippen molar-refractivity contribution in [3.8, 4) is 0 Å². The van der Waals surface area contributed by atoms with Crippen LogP contribution < -0.4 is 5.73 Å². The van der Waals surface area contributed by atoms with Crippen molar-refractivity contribution >= 4 is 17.4 Å². The van der Waals surface area contributed by atoms with Gasteiger partial charge in [-0.15, -0.1) is 0 Å². The SMILES string of the molecule is Cc1c(N)cccc1C(=O)c1cc(C(=O)O)n(C)c1. The van der Waals surface area contributed by atoms with Crippen LogP contribution >= 0.6 is 0 Å². The van der Waals surface area contributed by atoms with Gasteiger partial charge in [-0.05, 0) is 24.6 Å². The van der Waals surface area contributed by atoms with Crippen LogP contribution in [0.1, 0.15) is 32.0 Å². The first-order valence-electron chi connectivity index (χ1n) is 5.71. The number of anilines is 1. The molecular weight excluding hydrogens is 244 g/mol. The van der Waals surface area contributed by atoms with E-state index in [0.29, 0.717) is 22.4 Å². The zero-order valence-corrected chi connectivity index (χ0v) is 10.7. The predicted octanol–water partition coefficient (Wildman–Crippen LogP) is 1.84. The average Bonchev–Trinajstić information content (AvgIpc) is 2.74. The molecule has 0 saturated heterocycles. The second kappa shape index (κ2) is 4.61. The highest BCUT2D eigenvalue weighted by molar-refractivity contribution is 6.11. The lowest BCUT2D eigenvalue weighted by Crippen LogP contribution is -2.04. The fraction of sp³-hybridized carbons (Fsp3) is 0.143. The average molecular weight is 258 g/mol. The minimum absolute atomic E-state index is 0.0740. The summed E-state index contributed by atoms with van der Waals surface area (Å²) in [5.41, 5.74) is 7.92. The maximum Gasteiger partial charge on any atom is 0.352 e. The highest BCUT2D eigenvalue weighted by atomic mass is 16.4. The topological polar surface area (TPSA) is 85.3 Å². The summed E-state index contributed by atoms with van der Waals surface area (Å²) < 4.78 is 1.41. The number of aromatic carboxylic acids is 1. The fourth-order valence-corrected chi connectivity index (χ4v) is 1.96. The van der Waals surface area contributed by atoms with Gasteiger partial charge < -0.3 is 15.4 Å². The summed E-state index contributed by atoms with van der Waals surface area (Å²) in [5.74, 6) is -1.29. The number of benzene rings is 1. The van der Waals surface area contributed by atoms with Gasteiger partial charge in [0.05, 0.1) is 0 Å². The molecule has 1 heterocycles. The van der Waals surface area contributed by atoms with Crippen molar-refractivity contribution in [2.75, 3.05) is 5.73 Å². The van der Waals surface area contributed by atoms with Crippen molar-refractivity contribution < 1.29 is 14.7 Å². The van der Waals surface area contributed by atoms with Crippen LogP contribution in [0.3, 0.4) is 0 Å². The van der Waals surface area contributed by atoms with Crippen LogP contribution in [0.4, 0.5) is 5.69 Å². The molecule has 0 aliphatic heterocycles. The van der Waals surface area contributed by atoms with Crippen LogP contribution in [0.5, 0.6) is 0 Å². The monoisotopic (exact) mass is 258 g/mol. The standard InChI is InChI=1S/C14H14N2O3/c1-8-10(4-3-5-11(8)15)13(17)9-6-12(14(18)19)16(2)7-9/h3-7H,15H2,1-2H3,(H,18,19). The molecule has 0 unspecified atom stereocenters. The molecule has 0 radical (unpaired) electrons. The summed E-state index contributed by atoms with van der Waals surface area (Å²) in [4.78, 5) is 23.3. The molecule has 0 spiro atoms. The van der Waals surface area contributed by atoms with Crippen molar-refractivity contribution in [3.05, 3.63) is 52.8 Å². The number of carbonyl (C=O) groups excluding carboxylic acids is 1. The lowest BCUT2D eigenvalue weighted by molar-refractivity contribution is 0.0686. The number of carbonyl (C=O) groups is 2. The maximum absolute atomic E-state index is 12.3.